The number of likely N-dealkylation sites (tertiary alicyclic amines) is 1. The fourth-order valence-electron chi connectivity index (χ4n) is 4.27. The number of hydrogen-bond acceptors (Lipinski definition) is 4. The normalized spacial score (nSPS) is 35.2. The molecular weight excluding hydrogens is 248 g/mol. The summed E-state index contributed by atoms with van der Waals surface area (Å²) in [6, 6.07) is 2.53. The smallest absolute Gasteiger partial charge is 0.0221 e. The van der Waals surface area contributed by atoms with Gasteiger partial charge < -0.3 is 21.3 Å². The molecule has 3 aliphatic rings. The quantitative estimate of drug-likeness (QED) is 0.724. The average Bonchev–Trinajstić information content (AvgIpc) is 2.51. The Bertz CT molecular complexity index is 282. The zero-order valence-corrected chi connectivity index (χ0v) is 12.8. The molecule has 0 aromatic carbocycles. The molecule has 3 rings (SSSR count). The number of nitrogens with one attached hydrogen (secondary N) is 2. The monoisotopic (exact) mass is 280 g/mol. The van der Waals surface area contributed by atoms with Crippen molar-refractivity contribution in [1.29, 1.82) is 0 Å². The first-order chi connectivity index (χ1) is 9.83. The van der Waals surface area contributed by atoms with Crippen molar-refractivity contribution in [1.82, 2.24) is 15.5 Å². The van der Waals surface area contributed by atoms with Crippen LogP contribution in [0.4, 0.5) is 0 Å². The first kappa shape index (κ1) is 14.8. The third-order valence-corrected chi connectivity index (χ3v) is 5.62. The lowest BCUT2D eigenvalue weighted by Crippen LogP contribution is -2.55. The molecule has 0 radical (unpaired) electrons. The van der Waals surface area contributed by atoms with Crippen molar-refractivity contribution in [3.63, 3.8) is 0 Å². The molecule has 0 aromatic rings. The molecular formula is C16H32N4. The van der Waals surface area contributed by atoms with Crippen LogP contribution in [0, 0.1) is 0 Å². The molecule has 4 N–H and O–H groups in total. The predicted octanol–water partition coefficient (Wildman–Crippen LogP) is 1.06. The van der Waals surface area contributed by atoms with Crippen molar-refractivity contribution in [2.24, 2.45) is 5.73 Å². The van der Waals surface area contributed by atoms with Crippen molar-refractivity contribution in [2.45, 2.75) is 75.5 Å². The minimum Gasteiger partial charge on any atom is -0.326 e. The molecule has 1 saturated carbocycles. The molecule has 2 saturated heterocycles. The van der Waals surface area contributed by atoms with E-state index < -0.39 is 0 Å². The molecule has 2 atom stereocenters. The van der Waals surface area contributed by atoms with Gasteiger partial charge in [-0.25, -0.2) is 0 Å². The van der Waals surface area contributed by atoms with E-state index in [1.165, 1.54) is 77.5 Å². The van der Waals surface area contributed by atoms with Crippen LogP contribution in [0.3, 0.4) is 0 Å². The Labute approximate surface area is 123 Å². The molecule has 0 unspecified atom stereocenters. The summed E-state index contributed by atoms with van der Waals surface area (Å²) in [5, 5.41) is 7.34. The molecule has 0 amide bonds. The Hall–Kier alpha value is -0.160. The summed E-state index contributed by atoms with van der Waals surface area (Å²) >= 11 is 0. The highest BCUT2D eigenvalue weighted by atomic mass is 15.2. The Morgan fingerprint density at radius 3 is 2.30 bits per heavy atom. The van der Waals surface area contributed by atoms with Gasteiger partial charge in [-0.3, -0.25) is 0 Å². The Kier molecular flexibility index (Phi) is 5.32. The summed E-state index contributed by atoms with van der Waals surface area (Å²) in [6.45, 7) is 4.98. The second-order valence-electron chi connectivity index (χ2n) is 7.01. The molecule has 20 heavy (non-hydrogen) atoms. The van der Waals surface area contributed by atoms with Gasteiger partial charge in [0.25, 0.3) is 0 Å². The molecule has 0 spiro atoms. The minimum atomic E-state index is 0.395. The van der Waals surface area contributed by atoms with Crippen LogP contribution in [0.5, 0.6) is 0 Å². The van der Waals surface area contributed by atoms with E-state index in [0.29, 0.717) is 18.1 Å². The molecule has 4 heteroatoms. The van der Waals surface area contributed by atoms with Gasteiger partial charge in [-0.1, -0.05) is 12.8 Å². The molecule has 2 heterocycles. The molecule has 3 fully saturated rings. The highest BCUT2D eigenvalue weighted by Crippen LogP contribution is 2.22. The molecule has 0 bridgehead atoms. The van der Waals surface area contributed by atoms with Crippen LogP contribution in [0.15, 0.2) is 0 Å². The van der Waals surface area contributed by atoms with Crippen molar-refractivity contribution >= 4 is 0 Å². The van der Waals surface area contributed by atoms with Gasteiger partial charge in [0, 0.05) is 24.2 Å². The van der Waals surface area contributed by atoms with Gasteiger partial charge in [0.2, 0.25) is 0 Å². The predicted molar refractivity (Wildman–Crippen MR) is 83.9 cm³/mol. The van der Waals surface area contributed by atoms with Crippen LogP contribution >= 0.6 is 0 Å². The van der Waals surface area contributed by atoms with Gasteiger partial charge >= 0.3 is 0 Å². The van der Waals surface area contributed by atoms with E-state index >= 15 is 0 Å². The van der Waals surface area contributed by atoms with Crippen molar-refractivity contribution < 1.29 is 0 Å². The maximum Gasteiger partial charge on any atom is 0.0221 e. The van der Waals surface area contributed by atoms with E-state index in [9.17, 15) is 0 Å². The van der Waals surface area contributed by atoms with Gasteiger partial charge in [-0.15, -0.1) is 0 Å². The first-order valence-corrected chi connectivity index (χ1v) is 8.79. The second kappa shape index (κ2) is 7.21. The van der Waals surface area contributed by atoms with Gasteiger partial charge in [-0.05, 0) is 64.7 Å². The fourth-order valence-corrected chi connectivity index (χ4v) is 4.27. The van der Waals surface area contributed by atoms with Crippen LogP contribution < -0.4 is 16.4 Å². The van der Waals surface area contributed by atoms with E-state index in [1.807, 2.05) is 0 Å². The lowest BCUT2D eigenvalue weighted by molar-refractivity contribution is 0.114. The average molecular weight is 280 g/mol. The standard InChI is InChI=1S/C16H32N4/c17-15-3-1-2-4-16(15)19-13-7-11-20(12-8-13)14-5-9-18-10-6-14/h13-16,18-19H,1-12,17H2/t15-,16-/m0/s1. The number of rotatable bonds is 3. The van der Waals surface area contributed by atoms with Crippen LogP contribution in [-0.4, -0.2) is 55.2 Å². The topological polar surface area (TPSA) is 53.3 Å². The van der Waals surface area contributed by atoms with Crippen LogP contribution in [0.2, 0.25) is 0 Å². The number of nitrogens with two attached hydrogens (primary N) is 1. The maximum absolute atomic E-state index is 6.26. The largest absolute Gasteiger partial charge is 0.326 e. The third-order valence-electron chi connectivity index (χ3n) is 5.62. The number of piperidine rings is 2. The lowest BCUT2D eigenvalue weighted by Gasteiger charge is -2.41. The Balaban J connectivity index is 1.41. The fraction of sp³-hybridized carbons (Fsp3) is 1.00. The van der Waals surface area contributed by atoms with E-state index in [-0.39, 0.29) is 0 Å². The molecule has 0 aromatic heterocycles. The van der Waals surface area contributed by atoms with E-state index in [0.717, 1.165) is 6.04 Å². The summed E-state index contributed by atoms with van der Waals surface area (Å²) in [5.74, 6) is 0. The molecule has 116 valence electrons. The summed E-state index contributed by atoms with van der Waals surface area (Å²) < 4.78 is 0. The highest BCUT2D eigenvalue weighted by molar-refractivity contribution is 4.89. The molecule has 4 nitrogen and oxygen atoms in total. The number of nitrogens with zero attached hydrogens (tertiary/aromatic N) is 1. The van der Waals surface area contributed by atoms with Crippen LogP contribution in [0.1, 0.15) is 51.4 Å². The summed E-state index contributed by atoms with van der Waals surface area (Å²) in [4.78, 5) is 2.74. The first-order valence-electron chi connectivity index (χ1n) is 8.79. The zero-order chi connectivity index (χ0) is 13.8. The highest BCUT2D eigenvalue weighted by Gasteiger charge is 2.29. The SMILES string of the molecule is N[C@H]1CCCC[C@@H]1NC1CCN(C2CCNCC2)CC1. The van der Waals surface area contributed by atoms with Crippen LogP contribution in [0.25, 0.3) is 0 Å². The van der Waals surface area contributed by atoms with Gasteiger partial charge in [-0.2, -0.15) is 0 Å². The second-order valence-corrected chi connectivity index (χ2v) is 7.01. The van der Waals surface area contributed by atoms with E-state index in [4.69, 9.17) is 5.73 Å². The maximum atomic E-state index is 6.26. The third kappa shape index (κ3) is 3.73. The van der Waals surface area contributed by atoms with Crippen molar-refractivity contribution in [2.75, 3.05) is 26.2 Å². The lowest BCUT2D eigenvalue weighted by atomic mass is 9.89. The molecule has 2 aliphatic heterocycles. The Morgan fingerprint density at radius 2 is 1.60 bits per heavy atom. The van der Waals surface area contributed by atoms with Gasteiger partial charge in [0.1, 0.15) is 0 Å². The Morgan fingerprint density at radius 1 is 0.900 bits per heavy atom. The van der Waals surface area contributed by atoms with Crippen molar-refractivity contribution in [3.05, 3.63) is 0 Å². The van der Waals surface area contributed by atoms with Crippen LogP contribution in [-0.2, 0) is 0 Å². The molecule has 1 aliphatic carbocycles. The van der Waals surface area contributed by atoms with Crippen molar-refractivity contribution in [3.8, 4) is 0 Å². The van der Waals surface area contributed by atoms with E-state index in [2.05, 4.69) is 15.5 Å². The summed E-state index contributed by atoms with van der Waals surface area (Å²) in [5.41, 5.74) is 6.26. The van der Waals surface area contributed by atoms with E-state index in [1.54, 1.807) is 0 Å². The minimum absolute atomic E-state index is 0.395. The summed E-state index contributed by atoms with van der Waals surface area (Å²) in [6.07, 6.45) is 10.5. The van der Waals surface area contributed by atoms with Gasteiger partial charge in [0.05, 0.1) is 0 Å². The van der Waals surface area contributed by atoms with Gasteiger partial charge in [0.15, 0.2) is 0 Å². The number of hydrogen-bond donors (Lipinski definition) is 3. The zero-order valence-electron chi connectivity index (χ0n) is 12.8. The summed E-state index contributed by atoms with van der Waals surface area (Å²) in [7, 11) is 0.